The van der Waals surface area contributed by atoms with Crippen molar-refractivity contribution in [2.45, 2.75) is 12.8 Å². The van der Waals surface area contributed by atoms with E-state index in [2.05, 4.69) is 16.4 Å². The topological polar surface area (TPSA) is 98.1 Å². The quantitative estimate of drug-likeness (QED) is 0.439. The largest absolute Gasteiger partial charge is 0.506 e. The number of fused-ring (bicyclic) bond motifs is 1. The van der Waals surface area contributed by atoms with Gasteiger partial charge in [-0.25, -0.2) is 0 Å². The van der Waals surface area contributed by atoms with Crippen LogP contribution in [0.15, 0.2) is 36.4 Å². The summed E-state index contributed by atoms with van der Waals surface area (Å²) in [5, 5.41) is 22.6. The SMILES string of the molecule is COc1ccc2c(CCC#N)c(-c3ccc(O)c(NC(=O)CCl)c3)[nH]c2c1. The van der Waals surface area contributed by atoms with Crippen LogP contribution in [0.4, 0.5) is 5.69 Å². The Kier molecular flexibility index (Phi) is 5.53. The zero-order chi connectivity index (χ0) is 19.4. The van der Waals surface area contributed by atoms with Crippen molar-refractivity contribution >= 4 is 34.1 Å². The van der Waals surface area contributed by atoms with E-state index in [4.69, 9.17) is 21.6 Å². The van der Waals surface area contributed by atoms with Crippen LogP contribution in [0, 0.1) is 11.3 Å². The Morgan fingerprint density at radius 3 is 2.85 bits per heavy atom. The molecule has 0 bridgehead atoms. The maximum absolute atomic E-state index is 11.6. The molecule has 0 atom stereocenters. The molecule has 3 rings (SSSR count). The van der Waals surface area contributed by atoms with Crippen molar-refractivity contribution < 1.29 is 14.6 Å². The molecule has 0 spiro atoms. The standard InChI is InChI=1S/C20H18ClN3O3/c1-27-13-5-6-14-15(3-2-8-22)20(24-16(14)10-13)12-4-7-18(25)17(9-12)23-19(26)11-21/h4-7,9-10,24-25H,2-3,11H2,1H3,(H,23,26). The molecule has 1 aromatic heterocycles. The number of nitrogens with one attached hydrogen (secondary N) is 2. The Morgan fingerprint density at radius 1 is 1.33 bits per heavy atom. The number of benzene rings is 2. The van der Waals surface area contributed by atoms with Gasteiger partial charge in [-0.1, -0.05) is 0 Å². The highest BCUT2D eigenvalue weighted by atomic mass is 35.5. The molecular formula is C20H18ClN3O3. The van der Waals surface area contributed by atoms with Crippen molar-refractivity contribution in [2.24, 2.45) is 0 Å². The van der Waals surface area contributed by atoms with E-state index >= 15 is 0 Å². The van der Waals surface area contributed by atoms with Crippen molar-refractivity contribution in [1.29, 1.82) is 5.26 Å². The molecule has 0 aliphatic rings. The van der Waals surface area contributed by atoms with E-state index in [1.54, 1.807) is 19.2 Å². The van der Waals surface area contributed by atoms with Gasteiger partial charge in [0.05, 0.1) is 18.9 Å². The lowest BCUT2D eigenvalue weighted by atomic mass is 10.0. The van der Waals surface area contributed by atoms with E-state index in [-0.39, 0.29) is 17.3 Å². The summed E-state index contributed by atoms with van der Waals surface area (Å²) in [6, 6.07) is 12.8. The number of rotatable bonds is 6. The number of anilines is 1. The summed E-state index contributed by atoms with van der Waals surface area (Å²) in [4.78, 5) is 15.0. The minimum Gasteiger partial charge on any atom is -0.506 e. The first-order chi connectivity index (χ1) is 13.1. The van der Waals surface area contributed by atoms with E-state index in [1.807, 2.05) is 18.2 Å². The van der Waals surface area contributed by atoms with Crippen molar-refractivity contribution in [1.82, 2.24) is 4.98 Å². The van der Waals surface area contributed by atoms with Crippen LogP contribution in [-0.2, 0) is 11.2 Å². The van der Waals surface area contributed by atoms with Gasteiger partial charge in [0.25, 0.3) is 0 Å². The van der Waals surface area contributed by atoms with Crippen LogP contribution in [0.2, 0.25) is 0 Å². The molecule has 2 aromatic carbocycles. The highest BCUT2D eigenvalue weighted by Gasteiger charge is 2.16. The minimum atomic E-state index is -0.407. The Labute approximate surface area is 161 Å². The fourth-order valence-electron chi connectivity index (χ4n) is 3.02. The molecule has 0 saturated carbocycles. The number of amides is 1. The number of ether oxygens (including phenoxy) is 1. The molecule has 1 heterocycles. The van der Waals surface area contributed by atoms with Crippen molar-refractivity contribution in [2.75, 3.05) is 18.3 Å². The molecule has 27 heavy (non-hydrogen) atoms. The third-order valence-electron chi connectivity index (χ3n) is 4.28. The van der Waals surface area contributed by atoms with Crippen LogP contribution in [0.5, 0.6) is 11.5 Å². The first-order valence-electron chi connectivity index (χ1n) is 8.32. The second-order valence-electron chi connectivity index (χ2n) is 5.96. The van der Waals surface area contributed by atoms with Crippen LogP contribution in [0.3, 0.4) is 0 Å². The van der Waals surface area contributed by atoms with Crippen LogP contribution in [0.25, 0.3) is 22.2 Å². The van der Waals surface area contributed by atoms with Gasteiger partial charge in [-0.2, -0.15) is 5.26 Å². The fourth-order valence-corrected chi connectivity index (χ4v) is 3.09. The second-order valence-corrected chi connectivity index (χ2v) is 6.23. The number of aryl methyl sites for hydroxylation is 1. The molecule has 0 aliphatic heterocycles. The Bertz CT molecular complexity index is 1040. The highest BCUT2D eigenvalue weighted by Crippen LogP contribution is 2.36. The van der Waals surface area contributed by atoms with Crippen LogP contribution >= 0.6 is 11.6 Å². The number of nitrogens with zero attached hydrogens (tertiary/aromatic N) is 1. The second kappa shape index (κ2) is 8.02. The third kappa shape index (κ3) is 3.83. The minimum absolute atomic E-state index is 0.0476. The maximum Gasteiger partial charge on any atom is 0.239 e. The van der Waals surface area contributed by atoms with Gasteiger partial charge in [-0.05, 0) is 42.3 Å². The molecule has 3 aromatic rings. The summed E-state index contributed by atoms with van der Waals surface area (Å²) in [6.45, 7) is 0. The summed E-state index contributed by atoms with van der Waals surface area (Å²) in [5.41, 5.74) is 3.77. The molecular weight excluding hydrogens is 366 g/mol. The number of methoxy groups -OCH3 is 1. The van der Waals surface area contributed by atoms with Gasteiger partial charge in [-0.3, -0.25) is 4.79 Å². The molecule has 0 aliphatic carbocycles. The number of hydrogen-bond acceptors (Lipinski definition) is 4. The molecule has 0 fully saturated rings. The maximum atomic E-state index is 11.6. The van der Waals surface area contributed by atoms with Gasteiger partial charge >= 0.3 is 0 Å². The predicted molar refractivity (Wildman–Crippen MR) is 105 cm³/mol. The van der Waals surface area contributed by atoms with Gasteiger partial charge in [0, 0.05) is 34.6 Å². The van der Waals surface area contributed by atoms with Crippen LogP contribution in [-0.4, -0.2) is 29.0 Å². The molecule has 0 radical (unpaired) electrons. The number of nitriles is 1. The summed E-state index contributed by atoms with van der Waals surface area (Å²) >= 11 is 5.53. The van der Waals surface area contributed by atoms with Crippen molar-refractivity contribution in [3.8, 4) is 28.8 Å². The lowest BCUT2D eigenvalue weighted by molar-refractivity contribution is -0.113. The number of aromatic amines is 1. The Morgan fingerprint density at radius 2 is 2.15 bits per heavy atom. The van der Waals surface area contributed by atoms with Crippen molar-refractivity contribution in [3.63, 3.8) is 0 Å². The molecule has 3 N–H and O–H groups in total. The monoisotopic (exact) mass is 383 g/mol. The number of phenols is 1. The lowest BCUT2D eigenvalue weighted by Gasteiger charge is -2.09. The normalized spacial score (nSPS) is 10.6. The number of aromatic nitrogens is 1. The number of H-pyrrole nitrogens is 1. The molecule has 138 valence electrons. The average Bonchev–Trinajstić information content (AvgIpc) is 3.05. The van der Waals surface area contributed by atoms with E-state index in [9.17, 15) is 9.90 Å². The van der Waals surface area contributed by atoms with Gasteiger partial charge in [0.15, 0.2) is 0 Å². The van der Waals surface area contributed by atoms with E-state index in [0.29, 0.717) is 12.8 Å². The number of carbonyl (C=O) groups is 1. The Hall–Kier alpha value is -3.17. The number of alkyl halides is 1. The zero-order valence-electron chi connectivity index (χ0n) is 14.7. The summed E-state index contributed by atoms with van der Waals surface area (Å²) in [5.74, 6) is 0.0650. The smallest absolute Gasteiger partial charge is 0.239 e. The third-order valence-corrected chi connectivity index (χ3v) is 4.52. The summed E-state index contributed by atoms with van der Waals surface area (Å²) in [7, 11) is 1.60. The highest BCUT2D eigenvalue weighted by molar-refractivity contribution is 6.29. The zero-order valence-corrected chi connectivity index (χ0v) is 15.4. The average molecular weight is 384 g/mol. The first-order valence-corrected chi connectivity index (χ1v) is 8.85. The number of halogens is 1. The van der Waals surface area contributed by atoms with Gasteiger partial charge in [0.1, 0.15) is 17.4 Å². The molecule has 6 nitrogen and oxygen atoms in total. The van der Waals surface area contributed by atoms with E-state index in [1.165, 1.54) is 6.07 Å². The summed E-state index contributed by atoms with van der Waals surface area (Å²) < 4.78 is 5.28. The molecule has 1 amide bonds. The van der Waals surface area contributed by atoms with E-state index < -0.39 is 5.91 Å². The molecule has 0 saturated heterocycles. The lowest BCUT2D eigenvalue weighted by Crippen LogP contribution is -2.12. The number of hydrogen-bond donors (Lipinski definition) is 3. The number of phenolic OH excluding ortho intramolecular Hbond substituents is 1. The summed E-state index contributed by atoms with van der Waals surface area (Å²) in [6.07, 6.45) is 0.947. The number of aromatic hydroxyl groups is 1. The molecule has 0 unspecified atom stereocenters. The van der Waals surface area contributed by atoms with Crippen LogP contribution < -0.4 is 10.1 Å². The predicted octanol–water partition coefficient (Wildman–Crippen LogP) is 4.18. The van der Waals surface area contributed by atoms with E-state index in [0.717, 1.165) is 33.5 Å². The first kappa shape index (κ1) is 18.6. The van der Waals surface area contributed by atoms with Crippen LogP contribution in [0.1, 0.15) is 12.0 Å². The van der Waals surface area contributed by atoms with Gasteiger partial charge in [0.2, 0.25) is 5.91 Å². The van der Waals surface area contributed by atoms with Gasteiger partial charge in [-0.15, -0.1) is 11.6 Å². The number of carbonyl (C=O) groups excluding carboxylic acids is 1. The van der Waals surface area contributed by atoms with Gasteiger partial charge < -0.3 is 20.1 Å². The fraction of sp³-hybridized carbons (Fsp3) is 0.200. The Balaban J connectivity index is 2.13. The molecule has 7 heteroatoms. The van der Waals surface area contributed by atoms with Crippen molar-refractivity contribution in [3.05, 3.63) is 42.0 Å².